The van der Waals surface area contributed by atoms with Crippen LogP contribution >= 0.6 is 11.3 Å². The van der Waals surface area contributed by atoms with Crippen LogP contribution in [0, 0.1) is 0 Å². The van der Waals surface area contributed by atoms with Crippen molar-refractivity contribution >= 4 is 17.2 Å². The summed E-state index contributed by atoms with van der Waals surface area (Å²) in [5.74, 6) is -0.0784. The van der Waals surface area contributed by atoms with Crippen molar-refractivity contribution in [3.8, 4) is 10.6 Å². The summed E-state index contributed by atoms with van der Waals surface area (Å²) < 4.78 is 10.5. The average Bonchev–Trinajstić information content (AvgIpc) is 3.17. The fourth-order valence-corrected chi connectivity index (χ4v) is 3.77. The Kier molecular flexibility index (Phi) is 8.38. The first kappa shape index (κ1) is 20.9. The van der Waals surface area contributed by atoms with E-state index in [1.807, 2.05) is 5.38 Å². The van der Waals surface area contributed by atoms with Crippen LogP contribution in [0.5, 0.6) is 0 Å². The SMILES string of the molecule is O=C(Cc1csc(-c2ccc(CN3CCOCC3)cc2)n1)NCCOCCO. The van der Waals surface area contributed by atoms with Gasteiger partial charge in [0.1, 0.15) is 5.01 Å². The summed E-state index contributed by atoms with van der Waals surface area (Å²) in [5.41, 5.74) is 3.12. The number of amides is 1. The maximum atomic E-state index is 12.0. The zero-order valence-corrected chi connectivity index (χ0v) is 16.7. The van der Waals surface area contributed by atoms with E-state index in [2.05, 4.69) is 39.5 Å². The molecule has 1 amide bonds. The highest BCUT2D eigenvalue weighted by atomic mass is 32.1. The lowest BCUT2D eigenvalue weighted by Gasteiger charge is -2.26. The number of carbonyl (C=O) groups excluding carboxylic acids is 1. The summed E-state index contributed by atoms with van der Waals surface area (Å²) in [6.45, 7) is 5.62. The van der Waals surface area contributed by atoms with Crippen LogP contribution in [-0.2, 0) is 27.2 Å². The third kappa shape index (κ3) is 6.65. The van der Waals surface area contributed by atoms with Crippen molar-refractivity contribution in [1.29, 1.82) is 0 Å². The van der Waals surface area contributed by atoms with Gasteiger partial charge < -0.3 is 19.9 Å². The molecule has 0 aliphatic carbocycles. The van der Waals surface area contributed by atoms with Gasteiger partial charge in [0, 0.05) is 37.1 Å². The normalized spacial score (nSPS) is 14.9. The van der Waals surface area contributed by atoms with E-state index in [4.69, 9.17) is 14.6 Å². The van der Waals surface area contributed by atoms with Crippen LogP contribution in [0.2, 0.25) is 0 Å². The zero-order chi connectivity index (χ0) is 19.6. The Morgan fingerprint density at radius 1 is 1.25 bits per heavy atom. The second kappa shape index (κ2) is 11.2. The molecular formula is C20H27N3O4S. The van der Waals surface area contributed by atoms with Gasteiger partial charge in [0.2, 0.25) is 5.91 Å². The Balaban J connectivity index is 1.47. The van der Waals surface area contributed by atoms with Crippen molar-refractivity contribution in [3.63, 3.8) is 0 Å². The molecular weight excluding hydrogens is 378 g/mol. The summed E-state index contributed by atoms with van der Waals surface area (Å²) in [7, 11) is 0. The number of hydrogen-bond donors (Lipinski definition) is 2. The minimum absolute atomic E-state index is 0.0102. The summed E-state index contributed by atoms with van der Waals surface area (Å²) in [6.07, 6.45) is 0.256. The van der Waals surface area contributed by atoms with Crippen molar-refractivity contribution in [3.05, 3.63) is 40.9 Å². The van der Waals surface area contributed by atoms with Gasteiger partial charge in [0.05, 0.1) is 45.1 Å². The van der Waals surface area contributed by atoms with Gasteiger partial charge in [-0.2, -0.15) is 0 Å². The lowest BCUT2D eigenvalue weighted by atomic mass is 10.1. The molecule has 1 fully saturated rings. The quantitative estimate of drug-likeness (QED) is 0.580. The highest BCUT2D eigenvalue weighted by Gasteiger charge is 2.12. The number of aliphatic hydroxyl groups excluding tert-OH is 1. The standard InChI is InChI=1S/C20H27N3O4S/c24-8-12-26-9-5-21-19(25)13-18-15-28-20(22-18)17-3-1-16(2-4-17)14-23-6-10-27-11-7-23/h1-4,15,24H,5-14H2,(H,21,25). The molecule has 1 aliphatic heterocycles. The lowest BCUT2D eigenvalue weighted by Crippen LogP contribution is -2.35. The first-order chi connectivity index (χ1) is 13.7. The van der Waals surface area contributed by atoms with Crippen molar-refractivity contribution in [2.45, 2.75) is 13.0 Å². The predicted molar refractivity (Wildman–Crippen MR) is 108 cm³/mol. The molecule has 2 N–H and O–H groups in total. The first-order valence-corrected chi connectivity index (χ1v) is 10.4. The molecule has 2 aromatic rings. The maximum Gasteiger partial charge on any atom is 0.226 e. The molecule has 28 heavy (non-hydrogen) atoms. The van der Waals surface area contributed by atoms with Crippen LogP contribution in [0.1, 0.15) is 11.3 Å². The van der Waals surface area contributed by atoms with E-state index in [-0.39, 0.29) is 25.5 Å². The molecule has 1 aromatic carbocycles. The lowest BCUT2D eigenvalue weighted by molar-refractivity contribution is -0.120. The summed E-state index contributed by atoms with van der Waals surface area (Å²) in [5, 5.41) is 14.3. The molecule has 2 heterocycles. The topological polar surface area (TPSA) is 83.9 Å². The second-order valence-corrected chi connectivity index (χ2v) is 7.45. The molecule has 3 rings (SSSR count). The van der Waals surface area contributed by atoms with Crippen LogP contribution in [-0.4, -0.2) is 73.6 Å². The van der Waals surface area contributed by atoms with Crippen molar-refractivity contribution in [2.24, 2.45) is 0 Å². The van der Waals surface area contributed by atoms with Crippen LogP contribution in [0.25, 0.3) is 10.6 Å². The van der Waals surface area contributed by atoms with Gasteiger partial charge in [-0.1, -0.05) is 24.3 Å². The van der Waals surface area contributed by atoms with E-state index in [0.717, 1.165) is 49.1 Å². The van der Waals surface area contributed by atoms with Gasteiger partial charge in [-0.25, -0.2) is 4.98 Å². The number of benzene rings is 1. The van der Waals surface area contributed by atoms with Crippen molar-refractivity contribution < 1.29 is 19.4 Å². The van der Waals surface area contributed by atoms with Gasteiger partial charge in [-0.05, 0) is 5.56 Å². The number of hydrogen-bond acceptors (Lipinski definition) is 7. The second-order valence-electron chi connectivity index (χ2n) is 6.59. The van der Waals surface area contributed by atoms with Crippen LogP contribution in [0.15, 0.2) is 29.6 Å². The molecule has 1 aromatic heterocycles. The minimum atomic E-state index is -0.0784. The number of aromatic nitrogens is 1. The smallest absolute Gasteiger partial charge is 0.226 e. The number of morpholine rings is 1. The molecule has 7 nitrogen and oxygen atoms in total. The van der Waals surface area contributed by atoms with Gasteiger partial charge in [0.25, 0.3) is 0 Å². The Morgan fingerprint density at radius 2 is 2.04 bits per heavy atom. The summed E-state index contributed by atoms with van der Waals surface area (Å²) >= 11 is 1.55. The number of nitrogens with zero attached hydrogens (tertiary/aromatic N) is 2. The van der Waals surface area contributed by atoms with Gasteiger partial charge in [-0.3, -0.25) is 9.69 Å². The Bertz CT molecular complexity index is 729. The van der Waals surface area contributed by atoms with Gasteiger partial charge >= 0.3 is 0 Å². The first-order valence-electron chi connectivity index (χ1n) is 9.54. The van der Waals surface area contributed by atoms with Crippen LogP contribution in [0.3, 0.4) is 0 Å². The average molecular weight is 406 g/mol. The number of ether oxygens (including phenoxy) is 2. The summed E-state index contributed by atoms with van der Waals surface area (Å²) in [4.78, 5) is 18.9. The van der Waals surface area contributed by atoms with Crippen molar-refractivity contribution in [2.75, 3.05) is 52.7 Å². The van der Waals surface area contributed by atoms with E-state index in [9.17, 15) is 4.79 Å². The molecule has 1 aliphatic rings. The Hall–Kier alpha value is -1.84. The molecule has 0 atom stereocenters. The number of aliphatic hydroxyl groups is 1. The Morgan fingerprint density at radius 3 is 2.79 bits per heavy atom. The molecule has 0 spiro atoms. The number of rotatable bonds is 10. The molecule has 152 valence electrons. The summed E-state index contributed by atoms with van der Waals surface area (Å²) in [6, 6.07) is 8.48. The van der Waals surface area contributed by atoms with Gasteiger partial charge in [-0.15, -0.1) is 11.3 Å². The van der Waals surface area contributed by atoms with E-state index in [0.29, 0.717) is 13.2 Å². The fourth-order valence-electron chi connectivity index (χ4n) is 2.95. The maximum absolute atomic E-state index is 12.0. The molecule has 8 heteroatoms. The third-order valence-corrected chi connectivity index (χ3v) is 5.35. The highest BCUT2D eigenvalue weighted by molar-refractivity contribution is 7.13. The fraction of sp³-hybridized carbons (Fsp3) is 0.500. The van der Waals surface area contributed by atoms with E-state index < -0.39 is 0 Å². The predicted octanol–water partition coefficient (Wildman–Crippen LogP) is 1.31. The largest absolute Gasteiger partial charge is 0.394 e. The molecule has 0 saturated carbocycles. The van der Waals surface area contributed by atoms with E-state index in [1.165, 1.54) is 5.56 Å². The minimum Gasteiger partial charge on any atom is -0.394 e. The third-order valence-electron chi connectivity index (χ3n) is 4.41. The highest BCUT2D eigenvalue weighted by Crippen LogP contribution is 2.24. The van der Waals surface area contributed by atoms with Crippen LogP contribution < -0.4 is 5.32 Å². The number of carbonyl (C=O) groups is 1. The number of nitrogens with one attached hydrogen (secondary N) is 1. The molecule has 0 radical (unpaired) electrons. The monoisotopic (exact) mass is 405 g/mol. The van der Waals surface area contributed by atoms with Gasteiger partial charge in [0.15, 0.2) is 0 Å². The van der Waals surface area contributed by atoms with E-state index >= 15 is 0 Å². The molecule has 0 unspecified atom stereocenters. The van der Waals surface area contributed by atoms with E-state index in [1.54, 1.807) is 11.3 Å². The van der Waals surface area contributed by atoms with Crippen molar-refractivity contribution in [1.82, 2.24) is 15.2 Å². The zero-order valence-electron chi connectivity index (χ0n) is 15.9. The Labute approximate surface area is 169 Å². The molecule has 1 saturated heterocycles. The van der Waals surface area contributed by atoms with Crippen LogP contribution in [0.4, 0.5) is 0 Å². The number of thiazole rings is 1. The molecule has 0 bridgehead atoms.